The third kappa shape index (κ3) is 2.47. The Labute approximate surface area is 116 Å². The summed E-state index contributed by atoms with van der Waals surface area (Å²) in [5, 5.41) is 7.50. The fraction of sp³-hybridized carbons (Fsp3) is 0.200. The van der Waals surface area contributed by atoms with Gasteiger partial charge in [-0.05, 0) is 31.5 Å². The molecule has 20 heavy (non-hydrogen) atoms. The summed E-state index contributed by atoms with van der Waals surface area (Å²) >= 11 is 0. The van der Waals surface area contributed by atoms with Crippen molar-refractivity contribution in [3.05, 3.63) is 59.3 Å². The summed E-state index contributed by atoms with van der Waals surface area (Å²) in [7, 11) is 0. The Morgan fingerprint density at radius 3 is 2.90 bits per heavy atom. The van der Waals surface area contributed by atoms with E-state index in [0.29, 0.717) is 12.1 Å². The molecule has 0 amide bonds. The summed E-state index contributed by atoms with van der Waals surface area (Å²) in [4.78, 5) is 4.33. The van der Waals surface area contributed by atoms with Crippen LogP contribution in [0.3, 0.4) is 0 Å². The third-order valence-electron chi connectivity index (χ3n) is 3.16. The molecule has 1 N–H and O–H groups in total. The third-order valence-corrected chi connectivity index (χ3v) is 3.16. The average Bonchev–Trinajstić information content (AvgIpc) is 2.79. The largest absolute Gasteiger partial charge is 0.381 e. The Bertz CT molecular complexity index is 764. The van der Waals surface area contributed by atoms with E-state index in [4.69, 9.17) is 0 Å². The van der Waals surface area contributed by atoms with E-state index in [1.807, 2.05) is 25.3 Å². The molecular weight excluding hydrogens is 255 g/mol. The summed E-state index contributed by atoms with van der Waals surface area (Å²) in [6.07, 6.45) is 3.72. The van der Waals surface area contributed by atoms with Crippen molar-refractivity contribution < 1.29 is 4.39 Å². The molecule has 0 atom stereocenters. The summed E-state index contributed by atoms with van der Waals surface area (Å²) < 4.78 is 15.2. The van der Waals surface area contributed by atoms with Gasteiger partial charge in [-0.3, -0.25) is 0 Å². The molecule has 5 heteroatoms. The van der Waals surface area contributed by atoms with Crippen molar-refractivity contribution in [2.45, 2.75) is 20.4 Å². The molecule has 0 spiro atoms. The van der Waals surface area contributed by atoms with Crippen molar-refractivity contribution >= 4 is 11.3 Å². The molecule has 2 heterocycles. The normalized spacial score (nSPS) is 10.9. The molecule has 3 rings (SSSR count). The lowest BCUT2D eigenvalue weighted by molar-refractivity contribution is 0.619. The van der Waals surface area contributed by atoms with E-state index in [2.05, 4.69) is 15.4 Å². The van der Waals surface area contributed by atoms with Gasteiger partial charge in [-0.25, -0.2) is 13.9 Å². The second kappa shape index (κ2) is 4.92. The number of halogens is 1. The maximum absolute atomic E-state index is 13.4. The maximum atomic E-state index is 13.4. The Balaban J connectivity index is 1.77. The van der Waals surface area contributed by atoms with Crippen molar-refractivity contribution in [2.24, 2.45) is 0 Å². The predicted molar refractivity (Wildman–Crippen MR) is 76.2 cm³/mol. The number of aromatic nitrogens is 3. The maximum Gasteiger partial charge on any atom is 0.155 e. The topological polar surface area (TPSA) is 42.2 Å². The van der Waals surface area contributed by atoms with Gasteiger partial charge in [0.05, 0.1) is 5.69 Å². The molecule has 0 aliphatic rings. The lowest BCUT2D eigenvalue weighted by Gasteiger charge is -2.07. The van der Waals surface area contributed by atoms with E-state index < -0.39 is 0 Å². The van der Waals surface area contributed by atoms with Crippen LogP contribution >= 0.6 is 0 Å². The van der Waals surface area contributed by atoms with E-state index in [1.165, 1.54) is 6.07 Å². The fourth-order valence-corrected chi connectivity index (χ4v) is 2.03. The molecule has 0 saturated heterocycles. The zero-order chi connectivity index (χ0) is 14.1. The van der Waals surface area contributed by atoms with Crippen LogP contribution in [0.5, 0.6) is 0 Å². The van der Waals surface area contributed by atoms with Crippen molar-refractivity contribution in [1.82, 2.24) is 14.6 Å². The predicted octanol–water partition coefficient (Wildman–Crippen LogP) is 3.10. The second-order valence-electron chi connectivity index (χ2n) is 4.87. The van der Waals surface area contributed by atoms with Gasteiger partial charge in [0, 0.05) is 36.3 Å². The molecule has 0 unspecified atom stereocenters. The Morgan fingerprint density at radius 1 is 1.25 bits per heavy atom. The van der Waals surface area contributed by atoms with Crippen molar-refractivity contribution in [3.8, 4) is 0 Å². The summed E-state index contributed by atoms with van der Waals surface area (Å²) in [5.41, 5.74) is 4.15. The molecule has 0 saturated carbocycles. The van der Waals surface area contributed by atoms with Gasteiger partial charge in [-0.15, -0.1) is 0 Å². The Hall–Kier alpha value is -2.43. The first kappa shape index (κ1) is 12.6. The minimum Gasteiger partial charge on any atom is -0.381 e. The Kier molecular flexibility index (Phi) is 3.10. The highest BCUT2D eigenvalue weighted by Gasteiger charge is 2.02. The second-order valence-corrected chi connectivity index (χ2v) is 4.87. The number of hydrogen-bond acceptors (Lipinski definition) is 3. The number of fused-ring (bicyclic) bond motifs is 1. The number of benzene rings is 1. The van der Waals surface area contributed by atoms with E-state index in [1.54, 1.807) is 23.7 Å². The minimum atomic E-state index is -0.203. The van der Waals surface area contributed by atoms with Gasteiger partial charge in [-0.2, -0.15) is 5.10 Å². The van der Waals surface area contributed by atoms with Gasteiger partial charge in [-0.1, -0.05) is 6.07 Å². The van der Waals surface area contributed by atoms with Crippen LogP contribution in [0, 0.1) is 19.7 Å². The number of nitrogens with zero attached hydrogens (tertiary/aromatic N) is 3. The first-order valence-corrected chi connectivity index (χ1v) is 6.43. The van der Waals surface area contributed by atoms with Gasteiger partial charge in [0.15, 0.2) is 5.65 Å². The lowest BCUT2D eigenvalue weighted by Crippen LogP contribution is -2.03. The molecule has 2 aromatic heterocycles. The van der Waals surface area contributed by atoms with Crippen LogP contribution in [0.15, 0.2) is 36.7 Å². The quantitative estimate of drug-likeness (QED) is 0.795. The van der Waals surface area contributed by atoms with Gasteiger partial charge >= 0.3 is 0 Å². The van der Waals surface area contributed by atoms with Gasteiger partial charge in [0.1, 0.15) is 5.82 Å². The molecule has 0 bridgehead atoms. The van der Waals surface area contributed by atoms with Crippen molar-refractivity contribution in [3.63, 3.8) is 0 Å². The standard InChI is InChI=1S/C15H15FN4/c1-10-3-4-13(6-14(10)16)17-7-12-8-18-15-5-11(2)19-20(15)9-12/h3-6,8-9,17H,7H2,1-2H3. The van der Waals surface area contributed by atoms with Crippen molar-refractivity contribution in [2.75, 3.05) is 5.32 Å². The van der Waals surface area contributed by atoms with Crippen LogP contribution in [0.4, 0.5) is 10.1 Å². The SMILES string of the molecule is Cc1cc2ncc(CNc3ccc(C)c(F)c3)cn2n1. The molecule has 0 radical (unpaired) electrons. The van der Waals surface area contributed by atoms with Crippen LogP contribution in [-0.2, 0) is 6.54 Å². The van der Waals surface area contributed by atoms with Crippen molar-refractivity contribution in [1.29, 1.82) is 0 Å². The average molecular weight is 270 g/mol. The van der Waals surface area contributed by atoms with Gasteiger partial charge in [0.2, 0.25) is 0 Å². The van der Waals surface area contributed by atoms with Gasteiger partial charge in [0.25, 0.3) is 0 Å². The molecule has 3 aromatic rings. The summed E-state index contributed by atoms with van der Waals surface area (Å²) in [6, 6.07) is 7.05. The Morgan fingerprint density at radius 2 is 2.10 bits per heavy atom. The van der Waals surface area contributed by atoms with E-state index >= 15 is 0 Å². The van der Waals surface area contributed by atoms with Crippen LogP contribution in [0.1, 0.15) is 16.8 Å². The van der Waals surface area contributed by atoms with Gasteiger partial charge < -0.3 is 5.32 Å². The number of nitrogens with one attached hydrogen (secondary N) is 1. The molecule has 0 fully saturated rings. The van der Waals surface area contributed by atoms with E-state index in [0.717, 1.165) is 22.6 Å². The highest BCUT2D eigenvalue weighted by atomic mass is 19.1. The molecular formula is C15H15FN4. The molecule has 4 nitrogen and oxygen atoms in total. The zero-order valence-corrected chi connectivity index (χ0v) is 11.4. The number of anilines is 1. The number of aryl methyl sites for hydroxylation is 2. The number of hydrogen-bond donors (Lipinski definition) is 1. The summed E-state index contributed by atoms with van der Waals surface area (Å²) in [6.45, 7) is 4.25. The molecule has 0 aliphatic carbocycles. The minimum absolute atomic E-state index is 0.203. The lowest BCUT2D eigenvalue weighted by atomic mass is 10.2. The van der Waals surface area contributed by atoms with E-state index in [9.17, 15) is 4.39 Å². The first-order valence-electron chi connectivity index (χ1n) is 6.43. The monoisotopic (exact) mass is 270 g/mol. The fourth-order valence-electron chi connectivity index (χ4n) is 2.03. The first-order chi connectivity index (χ1) is 9.61. The number of rotatable bonds is 3. The van der Waals surface area contributed by atoms with Crippen LogP contribution in [0.25, 0.3) is 5.65 Å². The molecule has 1 aromatic carbocycles. The zero-order valence-electron chi connectivity index (χ0n) is 11.4. The summed E-state index contributed by atoms with van der Waals surface area (Å²) in [5.74, 6) is -0.203. The highest BCUT2D eigenvalue weighted by Crippen LogP contribution is 2.14. The van der Waals surface area contributed by atoms with Crippen LogP contribution in [0.2, 0.25) is 0 Å². The molecule has 0 aliphatic heterocycles. The smallest absolute Gasteiger partial charge is 0.155 e. The van der Waals surface area contributed by atoms with Crippen LogP contribution in [-0.4, -0.2) is 14.6 Å². The highest BCUT2D eigenvalue weighted by molar-refractivity contribution is 5.46. The molecule has 102 valence electrons. The van der Waals surface area contributed by atoms with Crippen LogP contribution < -0.4 is 5.32 Å². The van der Waals surface area contributed by atoms with E-state index in [-0.39, 0.29) is 5.82 Å².